The van der Waals surface area contributed by atoms with E-state index in [1.54, 1.807) is 14.2 Å². The van der Waals surface area contributed by atoms with Gasteiger partial charge in [-0.25, -0.2) is 0 Å². The Kier molecular flexibility index (Phi) is 6.48. The molecule has 23 heavy (non-hydrogen) atoms. The van der Waals surface area contributed by atoms with Crippen LogP contribution < -0.4 is 14.8 Å². The number of nitrogens with one attached hydrogen (secondary N) is 1. The van der Waals surface area contributed by atoms with Crippen molar-refractivity contribution in [3.63, 3.8) is 0 Å². The predicted molar refractivity (Wildman–Crippen MR) is 98.1 cm³/mol. The zero-order valence-electron chi connectivity index (χ0n) is 14.1. The van der Waals surface area contributed by atoms with Gasteiger partial charge in [0.25, 0.3) is 0 Å². The Balaban J connectivity index is 2.18. The van der Waals surface area contributed by atoms with Gasteiger partial charge < -0.3 is 14.8 Å². The maximum atomic E-state index is 5.40. The van der Waals surface area contributed by atoms with Gasteiger partial charge in [-0.3, -0.25) is 0 Å². The Morgan fingerprint density at radius 1 is 1.00 bits per heavy atom. The summed E-state index contributed by atoms with van der Waals surface area (Å²) in [6.07, 6.45) is 0. The maximum Gasteiger partial charge on any atom is 0.161 e. The van der Waals surface area contributed by atoms with E-state index in [2.05, 4.69) is 59.4 Å². The lowest BCUT2D eigenvalue weighted by Crippen LogP contribution is -2.25. The van der Waals surface area contributed by atoms with E-state index in [1.807, 2.05) is 18.2 Å². The largest absolute Gasteiger partial charge is 0.493 e. The molecule has 0 saturated heterocycles. The lowest BCUT2D eigenvalue weighted by Gasteiger charge is -2.23. The molecule has 2 rings (SSSR count). The molecule has 1 N–H and O–H groups in total. The number of hydrogen-bond donors (Lipinski definition) is 1. The molecule has 2 aromatic rings. The minimum absolute atomic E-state index is 0.302. The standard InChI is InChI=1S/C19H24BrNO2/c1-13(2)19(14-8-6-5-7-9-14)21-12-15-10-17(22-3)18(23-4)11-16(15)20/h5-11,13,19,21H,12H2,1-4H3. The fraction of sp³-hybridized carbons (Fsp3) is 0.368. The molecule has 0 spiro atoms. The van der Waals surface area contributed by atoms with Crippen LogP contribution in [0.4, 0.5) is 0 Å². The van der Waals surface area contributed by atoms with Crippen molar-refractivity contribution in [2.45, 2.75) is 26.4 Å². The first-order valence-corrected chi connectivity index (χ1v) is 8.54. The molecule has 0 aliphatic carbocycles. The molecule has 3 nitrogen and oxygen atoms in total. The molecule has 0 aliphatic rings. The van der Waals surface area contributed by atoms with Gasteiger partial charge in [0, 0.05) is 17.1 Å². The van der Waals surface area contributed by atoms with Crippen molar-refractivity contribution in [1.82, 2.24) is 5.32 Å². The fourth-order valence-corrected chi connectivity index (χ4v) is 3.11. The third kappa shape index (κ3) is 4.49. The van der Waals surface area contributed by atoms with Gasteiger partial charge in [-0.15, -0.1) is 0 Å². The zero-order valence-corrected chi connectivity index (χ0v) is 15.7. The highest BCUT2D eigenvalue weighted by Gasteiger charge is 2.16. The van der Waals surface area contributed by atoms with E-state index in [0.717, 1.165) is 28.1 Å². The minimum atomic E-state index is 0.302. The van der Waals surface area contributed by atoms with E-state index in [1.165, 1.54) is 5.56 Å². The molecule has 124 valence electrons. The lowest BCUT2D eigenvalue weighted by molar-refractivity contribution is 0.353. The lowest BCUT2D eigenvalue weighted by atomic mass is 9.96. The zero-order chi connectivity index (χ0) is 16.8. The second-order valence-corrected chi connectivity index (χ2v) is 6.67. The van der Waals surface area contributed by atoms with Crippen LogP contribution in [0.2, 0.25) is 0 Å². The second-order valence-electron chi connectivity index (χ2n) is 5.81. The Bertz CT molecular complexity index is 629. The maximum absolute atomic E-state index is 5.40. The quantitative estimate of drug-likeness (QED) is 0.739. The highest BCUT2D eigenvalue weighted by atomic mass is 79.9. The summed E-state index contributed by atoms with van der Waals surface area (Å²) < 4.78 is 11.7. The van der Waals surface area contributed by atoms with Crippen LogP contribution in [0.3, 0.4) is 0 Å². The molecule has 0 aliphatic heterocycles. The van der Waals surface area contributed by atoms with E-state index >= 15 is 0 Å². The molecular weight excluding hydrogens is 354 g/mol. The van der Waals surface area contributed by atoms with Crippen molar-refractivity contribution in [3.05, 3.63) is 58.1 Å². The SMILES string of the molecule is COc1cc(Br)c(CNC(c2ccccc2)C(C)C)cc1OC. The van der Waals surface area contributed by atoms with Crippen LogP contribution in [0.15, 0.2) is 46.9 Å². The summed E-state index contributed by atoms with van der Waals surface area (Å²) >= 11 is 3.62. The van der Waals surface area contributed by atoms with Crippen molar-refractivity contribution in [2.24, 2.45) is 5.92 Å². The smallest absolute Gasteiger partial charge is 0.161 e. The van der Waals surface area contributed by atoms with Gasteiger partial charge in [0.15, 0.2) is 11.5 Å². The van der Waals surface area contributed by atoms with Crippen LogP contribution in [0.5, 0.6) is 11.5 Å². The van der Waals surface area contributed by atoms with Crippen molar-refractivity contribution >= 4 is 15.9 Å². The van der Waals surface area contributed by atoms with E-state index < -0.39 is 0 Å². The average Bonchev–Trinajstić information content (AvgIpc) is 2.56. The van der Waals surface area contributed by atoms with Gasteiger partial charge in [-0.2, -0.15) is 0 Å². The number of hydrogen-bond acceptors (Lipinski definition) is 3. The predicted octanol–water partition coefficient (Wildman–Crippen LogP) is 4.95. The first-order valence-electron chi connectivity index (χ1n) is 7.75. The van der Waals surface area contributed by atoms with E-state index in [4.69, 9.17) is 9.47 Å². The van der Waals surface area contributed by atoms with Crippen LogP contribution >= 0.6 is 15.9 Å². The first kappa shape index (κ1) is 17.8. The van der Waals surface area contributed by atoms with E-state index in [9.17, 15) is 0 Å². The number of benzene rings is 2. The van der Waals surface area contributed by atoms with Crippen molar-refractivity contribution in [2.75, 3.05) is 14.2 Å². The summed E-state index contributed by atoms with van der Waals surface area (Å²) in [5.74, 6) is 1.97. The van der Waals surface area contributed by atoms with Gasteiger partial charge in [0.1, 0.15) is 0 Å². The van der Waals surface area contributed by atoms with Crippen molar-refractivity contribution in [3.8, 4) is 11.5 Å². The molecule has 0 saturated carbocycles. The summed E-state index contributed by atoms with van der Waals surface area (Å²) in [5.41, 5.74) is 2.45. The highest BCUT2D eigenvalue weighted by Crippen LogP contribution is 2.33. The topological polar surface area (TPSA) is 30.5 Å². The Morgan fingerprint density at radius 2 is 1.61 bits per heavy atom. The van der Waals surface area contributed by atoms with Gasteiger partial charge in [-0.05, 0) is 29.2 Å². The minimum Gasteiger partial charge on any atom is -0.493 e. The van der Waals surface area contributed by atoms with E-state index in [-0.39, 0.29) is 0 Å². The van der Waals surface area contributed by atoms with Crippen LogP contribution in [0.1, 0.15) is 31.0 Å². The van der Waals surface area contributed by atoms with Gasteiger partial charge >= 0.3 is 0 Å². The summed E-state index contributed by atoms with van der Waals surface area (Å²) in [4.78, 5) is 0. The highest BCUT2D eigenvalue weighted by molar-refractivity contribution is 9.10. The second kappa shape index (κ2) is 8.37. The molecular formula is C19H24BrNO2. The first-order chi connectivity index (χ1) is 11.1. The van der Waals surface area contributed by atoms with Gasteiger partial charge in [-0.1, -0.05) is 60.1 Å². The molecule has 1 atom stereocenters. The van der Waals surface area contributed by atoms with Crippen LogP contribution in [0, 0.1) is 5.92 Å². The third-order valence-electron chi connectivity index (χ3n) is 3.89. The van der Waals surface area contributed by atoms with Gasteiger partial charge in [0.2, 0.25) is 0 Å². The summed E-state index contributed by atoms with van der Waals surface area (Å²) in [6.45, 7) is 5.21. The van der Waals surface area contributed by atoms with E-state index in [0.29, 0.717) is 12.0 Å². The summed E-state index contributed by atoms with van der Waals surface area (Å²) in [5, 5.41) is 3.66. The number of ether oxygens (including phenoxy) is 2. The molecule has 0 radical (unpaired) electrons. The number of halogens is 1. The molecule has 0 fully saturated rings. The fourth-order valence-electron chi connectivity index (χ4n) is 2.65. The van der Waals surface area contributed by atoms with Crippen LogP contribution in [-0.2, 0) is 6.54 Å². The van der Waals surface area contributed by atoms with Crippen molar-refractivity contribution < 1.29 is 9.47 Å². The summed E-state index contributed by atoms with van der Waals surface area (Å²) in [7, 11) is 3.30. The van der Waals surface area contributed by atoms with Crippen LogP contribution in [0.25, 0.3) is 0 Å². The Labute approximate surface area is 147 Å². The Hall–Kier alpha value is -1.52. The number of methoxy groups -OCH3 is 2. The molecule has 1 unspecified atom stereocenters. The molecule has 0 amide bonds. The normalized spacial score (nSPS) is 12.3. The number of rotatable bonds is 7. The average molecular weight is 378 g/mol. The monoisotopic (exact) mass is 377 g/mol. The Morgan fingerprint density at radius 3 is 2.17 bits per heavy atom. The van der Waals surface area contributed by atoms with Crippen molar-refractivity contribution in [1.29, 1.82) is 0 Å². The third-order valence-corrected chi connectivity index (χ3v) is 4.63. The molecule has 0 aromatic heterocycles. The molecule has 4 heteroatoms. The van der Waals surface area contributed by atoms with Crippen LogP contribution in [-0.4, -0.2) is 14.2 Å². The summed E-state index contributed by atoms with van der Waals surface area (Å²) in [6, 6.07) is 14.8. The molecule has 0 heterocycles. The molecule has 0 bridgehead atoms. The van der Waals surface area contributed by atoms with Gasteiger partial charge in [0.05, 0.1) is 14.2 Å². The molecule has 2 aromatic carbocycles.